The number of hydrogen-bond donors (Lipinski definition) is 4. The normalized spacial score (nSPS) is 12.6. The largest absolute Gasteiger partial charge is 0.492 e. The third-order valence-electron chi connectivity index (χ3n) is 3.15. The van der Waals surface area contributed by atoms with Crippen LogP contribution in [0.15, 0.2) is 18.3 Å². The number of fused-ring (bicyclic) bond motifs is 3. The molecule has 0 saturated heterocycles. The Morgan fingerprint density at radius 2 is 2.27 bits per heavy atom. The summed E-state index contributed by atoms with van der Waals surface area (Å²) in [5, 5.41) is 22.6. The van der Waals surface area contributed by atoms with E-state index in [0.29, 0.717) is 28.7 Å². The molecule has 0 aliphatic rings. The number of carboxylic acid groups (broad SMARTS) is 1. The second-order valence-corrected chi connectivity index (χ2v) is 6.06. The number of hydrogen-bond acceptors (Lipinski definition) is 7. The zero-order valence-corrected chi connectivity index (χ0v) is 12.5. The summed E-state index contributed by atoms with van der Waals surface area (Å²) in [5.74, 6) is -1.18. The van der Waals surface area contributed by atoms with Crippen molar-refractivity contribution in [2.45, 2.75) is 13.0 Å². The Kier molecular flexibility index (Phi) is 3.55. The number of carboxylic acids is 1. The summed E-state index contributed by atoms with van der Waals surface area (Å²) in [6, 6.07) is 3.36. The van der Waals surface area contributed by atoms with Gasteiger partial charge in [0.15, 0.2) is 0 Å². The fraction of sp³-hybridized carbons (Fsp3) is 0.214. The average molecular weight is 318 g/mol. The van der Waals surface area contributed by atoms with Gasteiger partial charge in [-0.3, -0.25) is 0 Å². The van der Waals surface area contributed by atoms with Crippen LogP contribution in [0.2, 0.25) is 0 Å². The first-order valence-corrected chi connectivity index (χ1v) is 7.43. The third-order valence-corrected chi connectivity index (χ3v) is 4.29. The smallest absolute Gasteiger partial charge is 0.348 e. The van der Waals surface area contributed by atoms with Gasteiger partial charge in [-0.05, 0) is 19.1 Å². The number of nitrogens with one attached hydrogen (secondary N) is 1. The van der Waals surface area contributed by atoms with Crippen molar-refractivity contribution in [3.8, 4) is 5.88 Å². The van der Waals surface area contributed by atoms with Crippen LogP contribution in [0.5, 0.6) is 5.88 Å². The SMILES string of the molecule is C[C@@H](N)CNc1c(C(=O)O)sc2ccc3nc(O)cnc3c12. The molecule has 0 saturated carbocycles. The lowest BCUT2D eigenvalue weighted by Crippen LogP contribution is -2.25. The standard InChI is InChI=1S/C14H14N4O3S/c1-6(15)4-16-12-10-8(22-13(12)14(20)21)3-2-7-11(10)17-5-9(19)18-7/h2-3,5-6,16H,4,15H2,1H3,(H,18,19)(H,20,21)/t6-/m1/s1. The minimum atomic E-state index is -1.01. The number of aromatic nitrogens is 2. The maximum Gasteiger partial charge on any atom is 0.348 e. The van der Waals surface area contributed by atoms with Gasteiger partial charge in [-0.15, -0.1) is 11.3 Å². The Morgan fingerprint density at radius 1 is 1.50 bits per heavy atom. The first-order valence-electron chi connectivity index (χ1n) is 6.61. The van der Waals surface area contributed by atoms with Crippen molar-refractivity contribution in [3.05, 3.63) is 23.2 Å². The Hall–Kier alpha value is -2.45. The Balaban J connectivity index is 2.31. The number of aromatic carboxylic acids is 1. The van der Waals surface area contributed by atoms with Crippen LogP contribution in [-0.2, 0) is 0 Å². The van der Waals surface area contributed by atoms with Crippen molar-refractivity contribution in [1.82, 2.24) is 9.97 Å². The molecule has 22 heavy (non-hydrogen) atoms. The van der Waals surface area contributed by atoms with Crippen LogP contribution in [0.1, 0.15) is 16.6 Å². The lowest BCUT2D eigenvalue weighted by Gasteiger charge is -2.10. The highest BCUT2D eigenvalue weighted by Crippen LogP contribution is 2.39. The van der Waals surface area contributed by atoms with E-state index in [1.165, 1.54) is 17.5 Å². The van der Waals surface area contributed by atoms with E-state index < -0.39 is 5.97 Å². The second-order valence-electron chi connectivity index (χ2n) is 5.00. The fourth-order valence-corrected chi connectivity index (χ4v) is 3.26. The molecular formula is C14H14N4O3S. The Morgan fingerprint density at radius 3 is 2.95 bits per heavy atom. The van der Waals surface area contributed by atoms with E-state index in [2.05, 4.69) is 15.3 Å². The van der Waals surface area contributed by atoms with Crippen molar-refractivity contribution in [2.75, 3.05) is 11.9 Å². The molecule has 2 aromatic heterocycles. The van der Waals surface area contributed by atoms with Crippen LogP contribution < -0.4 is 11.1 Å². The minimum absolute atomic E-state index is 0.123. The molecule has 3 rings (SSSR count). The summed E-state index contributed by atoms with van der Waals surface area (Å²) >= 11 is 1.17. The van der Waals surface area contributed by atoms with E-state index in [0.717, 1.165) is 4.70 Å². The summed E-state index contributed by atoms with van der Waals surface area (Å²) in [6.45, 7) is 2.27. The highest BCUT2D eigenvalue weighted by molar-refractivity contribution is 7.21. The maximum absolute atomic E-state index is 11.5. The number of aromatic hydroxyl groups is 1. The monoisotopic (exact) mass is 318 g/mol. The van der Waals surface area contributed by atoms with E-state index in [1.54, 1.807) is 12.1 Å². The van der Waals surface area contributed by atoms with Crippen LogP contribution >= 0.6 is 11.3 Å². The number of nitrogens with zero attached hydrogens (tertiary/aromatic N) is 2. The molecule has 0 fully saturated rings. The van der Waals surface area contributed by atoms with Gasteiger partial charge in [0.2, 0.25) is 5.88 Å². The number of carbonyl (C=O) groups is 1. The van der Waals surface area contributed by atoms with Gasteiger partial charge in [0.25, 0.3) is 0 Å². The van der Waals surface area contributed by atoms with E-state index >= 15 is 0 Å². The summed E-state index contributed by atoms with van der Waals surface area (Å²) in [5.41, 5.74) is 7.29. The van der Waals surface area contributed by atoms with Crippen LogP contribution in [0.25, 0.3) is 21.1 Å². The Labute approximate surface area is 129 Å². The van der Waals surface area contributed by atoms with E-state index in [4.69, 9.17) is 5.73 Å². The molecule has 0 amide bonds. The highest BCUT2D eigenvalue weighted by atomic mass is 32.1. The summed E-state index contributed by atoms with van der Waals surface area (Å²) in [7, 11) is 0. The number of anilines is 1. The molecule has 0 spiro atoms. The molecule has 0 unspecified atom stereocenters. The maximum atomic E-state index is 11.5. The average Bonchev–Trinajstić information content (AvgIpc) is 2.83. The van der Waals surface area contributed by atoms with Crippen molar-refractivity contribution >= 4 is 44.1 Å². The molecule has 3 aromatic rings. The van der Waals surface area contributed by atoms with Gasteiger partial charge in [-0.1, -0.05) is 0 Å². The molecular weight excluding hydrogens is 304 g/mol. The van der Waals surface area contributed by atoms with Gasteiger partial charge in [0, 0.05) is 22.7 Å². The van der Waals surface area contributed by atoms with E-state index in [-0.39, 0.29) is 16.8 Å². The molecule has 5 N–H and O–H groups in total. The fourth-order valence-electron chi connectivity index (χ4n) is 2.24. The van der Waals surface area contributed by atoms with Gasteiger partial charge in [-0.2, -0.15) is 0 Å². The van der Waals surface area contributed by atoms with Crippen LogP contribution in [0.3, 0.4) is 0 Å². The molecule has 114 valence electrons. The van der Waals surface area contributed by atoms with E-state index in [1.807, 2.05) is 6.92 Å². The second kappa shape index (κ2) is 5.39. The topological polar surface area (TPSA) is 121 Å². The lowest BCUT2D eigenvalue weighted by molar-refractivity contribution is 0.0703. The highest BCUT2D eigenvalue weighted by Gasteiger charge is 2.20. The zero-order chi connectivity index (χ0) is 15.9. The van der Waals surface area contributed by atoms with Gasteiger partial charge in [0.05, 0.1) is 22.9 Å². The molecule has 0 aliphatic carbocycles. The molecule has 8 heteroatoms. The predicted molar refractivity (Wildman–Crippen MR) is 85.7 cm³/mol. The molecule has 0 radical (unpaired) electrons. The summed E-state index contributed by atoms with van der Waals surface area (Å²) < 4.78 is 0.789. The zero-order valence-electron chi connectivity index (χ0n) is 11.7. The van der Waals surface area contributed by atoms with Crippen LogP contribution in [0.4, 0.5) is 5.69 Å². The van der Waals surface area contributed by atoms with Gasteiger partial charge in [0.1, 0.15) is 4.88 Å². The van der Waals surface area contributed by atoms with Crippen LogP contribution in [0, 0.1) is 0 Å². The molecule has 1 atom stereocenters. The molecule has 1 aromatic carbocycles. The third kappa shape index (κ3) is 2.42. The van der Waals surface area contributed by atoms with E-state index in [9.17, 15) is 15.0 Å². The molecule has 2 heterocycles. The van der Waals surface area contributed by atoms with Gasteiger partial charge in [-0.25, -0.2) is 14.8 Å². The number of thiophene rings is 1. The van der Waals surface area contributed by atoms with Crippen molar-refractivity contribution in [2.24, 2.45) is 5.73 Å². The van der Waals surface area contributed by atoms with Crippen molar-refractivity contribution in [1.29, 1.82) is 0 Å². The van der Waals surface area contributed by atoms with Crippen molar-refractivity contribution in [3.63, 3.8) is 0 Å². The summed E-state index contributed by atoms with van der Waals surface area (Å²) in [6.07, 6.45) is 1.25. The number of rotatable bonds is 4. The van der Waals surface area contributed by atoms with Gasteiger partial charge >= 0.3 is 5.97 Å². The Bertz CT molecular complexity index is 875. The first-order chi connectivity index (χ1) is 10.5. The quantitative estimate of drug-likeness (QED) is 0.580. The van der Waals surface area contributed by atoms with Crippen LogP contribution in [-0.4, -0.2) is 38.7 Å². The van der Waals surface area contributed by atoms with Gasteiger partial charge < -0.3 is 21.3 Å². The lowest BCUT2D eigenvalue weighted by atomic mass is 10.1. The van der Waals surface area contributed by atoms with Crippen molar-refractivity contribution < 1.29 is 15.0 Å². The first kappa shape index (κ1) is 14.5. The molecule has 7 nitrogen and oxygen atoms in total. The minimum Gasteiger partial charge on any atom is -0.492 e. The number of nitrogens with two attached hydrogens (primary N) is 1. The predicted octanol–water partition coefficient (Wildman–Crippen LogP) is 2.01. The summed E-state index contributed by atoms with van der Waals surface area (Å²) in [4.78, 5) is 19.9. The number of benzene rings is 1. The molecule has 0 aliphatic heterocycles. The molecule has 0 bridgehead atoms.